The van der Waals surface area contributed by atoms with Crippen molar-refractivity contribution in [3.05, 3.63) is 40.3 Å². The van der Waals surface area contributed by atoms with Crippen molar-refractivity contribution in [2.24, 2.45) is 0 Å². The molecular formula is C12H11NO4S. The highest BCUT2D eigenvalue weighted by atomic mass is 32.1. The first kappa shape index (κ1) is 12.4. The molecule has 0 amide bonds. The van der Waals surface area contributed by atoms with Crippen LogP contribution in [0.5, 0.6) is 11.5 Å². The normalized spacial score (nSPS) is 10.1. The number of methoxy groups -OCH3 is 1. The first-order valence-electron chi connectivity index (χ1n) is 5.12. The van der Waals surface area contributed by atoms with E-state index in [4.69, 9.17) is 14.6 Å². The van der Waals surface area contributed by atoms with E-state index >= 15 is 0 Å². The van der Waals surface area contributed by atoms with E-state index in [0.717, 1.165) is 5.69 Å². The topological polar surface area (TPSA) is 68.7 Å². The fourth-order valence-corrected chi connectivity index (χ4v) is 1.93. The molecule has 1 aromatic heterocycles. The third-order valence-corrected chi connectivity index (χ3v) is 2.90. The van der Waals surface area contributed by atoms with Crippen LogP contribution in [0.3, 0.4) is 0 Å². The second-order valence-corrected chi connectivity index (χ2v) is 4.16. The largest absolute Gasteiger partial charge is 0.493 e. The molecule has 6 heteroatoms. The molecule has 5 nitrogen and oxygen atoms in total. The molecule has 0 aliphatic rings. The molecule has 0 fully saturated rings. The predicted molar refractivity (Wildman–Crippen MR) is 66.4 cm³/mol. The smallest absolute Gasteiger partial charge is 0.335 e. The first-order valence-corrected chi connectivity index (χ1v) is 6.06. The molecule has 1 N–H and O–H groups in total. The highest BCUT2D eigenvalue weighted by Crippen LogP contribution is 2.28. The van der Waals surface area contributed by atoms with Gasteiger partial charge in [0, 0.05) is 5.38 Å². The lowest BCUT2D eigenvalue weighted by molar-refractivity contribution is 0.0696. The monoisotopic (exact) mass is 265 g/mol. The number of rotatable bonds is 5. The van der Waals surface area contributed by atoms with Crippen LogP contribution in [0.25, 0.3) is 0 Å². The van der Waals surface area contributed by atoms with Gasteiger partial charge in [0.1, 0.15) is 6.61 Å². The number of hydrogen-bond acceptors (Lipinski definition) is 5. The van der Waals surface area contributed by atoms with Crippen LogP contribution in [0.15, 0.2) is 29.1 Å². The number of thiazole rings is 1. The molecule has 0 radical (unpaired) electrons. The van der Waals surface area contributed by atoms with Crippen molar-refractivity contribution in [2.45, 2.75) is 6.61 Å². The Hall–Kier alpha value is -2.08. The minimum absolute atomic E-state index is 0.157. The van der Waals surface area contributed by atoms with Crippen molar-refractivity contribution >= 4 is 17.3 Å². The second-order valence-electron chi connectivity index (χ2n) is 3.44. The summed E-state index contributed by atoms with van der Waals surface area (Å²) in [5, 5.41) is 10.8. The summed E-state index contributed by atoms with van der Waals surface area (Å²) in [4.78, 5) is 15.0. The lowest BCUT2D eigenvalue weighted by Crippen LogP contribution is -2.01. The molecule has 0 saturated heterocycles. The van der Waals surface area contributed by atoms with Gasteiger partial charge in [-0.1, -0.05) is 0 Å². The third kappa shape index (κ3) is 2.78. The molecular weight excluding hydrogens is 254 g/mol. The number of carbonyl (C=O) groups is 1. The number of nitrogens with zero attached hydrogens (tertiary/aromatic N) is 1. The van der Waals surface area contributed by atoms with Gasteiger partial charge in [-0.05, 0) is 18.2 Å². The Labute approximate surface area is 108 Å². The van der Waals surface area contributed by atoms with Crippen molar-refractivity contribution in [3.8, 4) is 11.5 Å². The Morgan fingerprint density at radius 2 is 2.28 bits per heavy atom. The van der Waals surface area contributed by atoms with Gasteiger partial charge in [0.2, 0.25) is 0 Å². The Bertz CT molecular complexity index is 539. The number of benzene rings is 1. The van der Waals surface area contributed by atoms with E-state index in [1.807, 2.05) is 5.38 Å². The zero-order valence-corrected chi connectivity index (χ0v) is 10.4. The molecule has 2 rings (SSSR count). The molecule has 18 heavy (non-hydrogen) atoms. The summed E-state index contributed by atoms with van der Waals surface area (Å²) in [5.41, 5.74) is 2.66. The Morgan fingerprint density at radius 3 is 2.89 bits per heavy atom. The third-order valence-electron chi connectivity index (χ3n) is 2.27. The van der Waals surface area contributed by atoms with Gasteiger partial charge in [0.25, 0.3) is 0 Å². The molecule has 1 aromatic carbocycles. The summed E-state index contributed by atoms with van der Waals surface area (Å²) in [5.74, 6) is -0.114. The Morgan fingerprint density at radius 1 is 1.44 bits per heavy atom. The minimum Gasteiger partial charge on any atom is -0.493 e. The number of ether oxygens (including phenoxy) is 2. The van der Waals surface area contributed by atoms with E-state index in [-0.39, 0.29) is 12.2 Å². The summed E-state index contributed by atoms with van der Waals surface area (Å²) in [6.45, 7) is 0.281. The maximum Gasteiger partial charge on any atom is 0.335 e. The van der Waals surface area contributed by atoms with Crippen LogP contribution in [0.2, 0.25) is 0 Å². The van der Waals surface area contributed by atoms with E-state index in [9.17, 15) is 4.79 Å². The zero-order chi connectivity index (χ0) is 13.0. The van der Waals surface area contributed by atoms with E-state index in [2.05, 4.69) is 4.98 Å². The van der Waals surface area contributed by atoms with Crippen LogP contribution in [-0.2, 0) is 6.61 Å². The first-order chi connectivity index (χ1) is 8.70. The van der Waals surface area contributed by atoms with Gasteiger partial charge in [-0.3, -0.25) is 0 Å². The summed E-state index contributed by atoms with van der Waals surface area (Å²) in [7, 11) is 1.51. The standard InChI is InChI=1S/C12H11NO4S/c1-16-10-3-2-8(12(14)15)4-11(10)17-5-9-6-18-7-13-9/h2-4,6-7H,5H2,1H3,(H,14,15). The lowest BCUT2D eigenvalue weighted by Gasteiger charge is -2.10. The number of aromatic nitrogens is 1. The predicted octanol–water partition coefficient (Wildman–Crippen LogP) is 2.43. The van der Waals surface area contributed by atoms with Crippen LogP contribution in [-0.4, -0.2) is 23.2 Å². The molecule has 0 saturated carbocycles. The Balaban J connectivity index is 2.18. The van der Waals surface area contributed by atoms with Crippen molar-refractivity contribution in [1.29, 1.82) is 0 Å². The molecule has 0 atom stereocenters. The maximum atomic E-state index is 10.9. The fourth-order valence-electron chi connectivity index (χ4n) is 1.38. The average molecular weight is 265 g/mol. The zero-order valence-electron chi connectivity index (χ0n) is 9.62. The van der Waals surface area contributed by atoms with Crippen LogP contribution in [0.1, 0.15) is 16.1 Å². The van der Waals surface area contributed by atoms with Gasteiger partial charge >= 0.3 is 5.97 Å². The van der Waals surface area contributed by atoms with Crippen LogP contribution in [0.4, 0.5) is 0 Å². The molecule has 94 valence electrons. The van der Waals surface area contributed by atoms with Gasteiger partial charge in [-0.15, -0.1) is 11.3 Å². The van der Waals surface area contributed by atoms with Gasteiger partial charge < -0.3 is 14.6 Å². The van der Waals surface area contributed by atoms with Crippen molar-refractivity contribution in [3.63, 3.8) is 0 Å². The van der Waals surface area contributed by atoms with Crippen LogP contribution < -0.4 is 9.47 Å². The molecule has 1 heterocycles. The summed E-state index contributed by atoms with van der Waals surface area (Å²) in [6, 6.07) is 4.48. The van der Waals surface area contributed by atoms with E-state index in [1.165, 1.54) is 30.6 Å². The lowest BCUT2D eigenvalue weighted by atomic mass is 10.2. The Kier molecular flexibility index (Phi) is 3.78. The molecule has 0 aliphatic heterocycles. The van der Waals surface area contributed by atoms with Crippen molar-refractivity contribution in [2.75, 3.05) is 7.11 Å². The van der Waals surface area contributed by atoms with E-state index < -0.39 is 5.97 Å². The quantitative estimate of drug-likeness (QED) is 0.899. The molecule has 0 aliphatic carbocycles. The second kappa shape index (κ2) is 5.50. The highest BCUT2D eigenvalue weighted by Gasteiger charge is 2.10. The number of carboxylic acid groups (broad SMARTS) is 1. The van der Waals surface area contributed by atoms with Crippen molar-refractivity contribution < 1.29 is 19.4 Å². The minimum atomic E-state index is -1.00. The van der Waals surface area contributed by atoms with E-state index in [1.54, 1.807) is 11.6 Å². The molecule has 0 spiro atoms. The van der Waals surface area contributed by atoms with Crippen molar-refractivity contribution in [1.82, 2.24) is 4.98 Å². The highest BCUT2D eigenvalue weighted by molar-refractivity contribution is 7.07. The molecule has 0 unspecified atom stereocenters. The van der Waals surface area contributed by atoms with Gasteiger partial charge in [-0.2, -0.15) is 0 Å². The summed E-state index contributed by atoms with van der Waals surface area (Å²) >= 11 is 1.48. The number of aromatic carboxylic acids is 1. The van der Waals surface area contributed by atoms with Crippen LogP contribution >= 0.6 is 11.3 Å². The fraction of sp³-hybridized carbons (Fsp3) is 0.167. The van der Waals surface area contributed by atoms with Gasteiger partial charge in [0.15, 0.2) is 11.5 Å². The maximum absolute atomic E-state index is 10.9. The van der Waals surface area contributed by atoms with Crippen LogP contribution in [0, 0.1) is 0 Å². The van der Waals surface area contributed by atoms with Gasteiger partial charge in [0.05, 0.1) is 23.9 Å². The SMILES string of the molecule is COc1ccc(C(=O)O)cc1OCc1cscn1. The number of carboxylic acids is 1. The average Bonchev–Trinajstić information content (AvgIpc) is 2.89. The molecule has 2 aromatic rings. The summed E-state index contributed by atoms with van der Waals surface area (Å²) in [6.07, 6.45) is 0. The van der Waals surface area contributed by atoms with Gasteiger partial charge in [-0.25, -0.2) is 9.78 Å². The molecule has 0 bridgehead atoms. The van der Waals surface area contributed by atoms with E-state index in [0.29, 0.717) is 11.5 Å². The summed E-state index contributed by atoms with van der Waals surface area (Å²) < 4.78 is 10.6. The number of hydrogen-bond donors (Lipinski definition) is 1.